The third kappa shape index (κ3) is 8.05. The van der Waals surface area contributed by atoms with Crippen molar-refractivity contribution in [3.63, 3.8) is 0 Å². The molecular weight excluding hydrogens is 512 g/mol. The summed E-state index contributed by atoms with van der Waals surface area (Å²) in [4.78, 5) is 59.9. The quantitative estimate of drug-likeness (QED) is 0.295. The van der Waals surface area contributed by atoms with Gasteiger partial charge in [0, 0.05) is 45.8 Å². The molecule has 3 N–H and O–H groups in total. The molecule has 0 fully saturated rings. The fourth-order valence-corrected chi connectivity index (χ4v) is 4.35. The number of allylic oxidation sites excluding steroid dienone is 1. The zero-order chi connectivity index (χ0) is 29.4. The molecular formula is C29H38N6O5. The van der Waals surface area contributed by atoms with Crippen molar-refractivity contribution in [3.05, 3.63) is 70.4 Å². The molecule has 3 aromatic rings. The first-order valence-corrected chi connectivity index (χ1v) is 13.2. The number of pyridine rings is 2. The number of fused-ring (bicyclic) bond motifs is 1. The fourth-order valence-electron chi connectivity index (χ4n) is 4.35. The molecule has 0 saturated heterocycles. The highest BCUT2D eigenvalue weighted by Crippen LogP contribution is 2.21. The molecule has 1 atom stereocenters. The number of aromatic nitrogens is 3. The Bertz CT molecular complexity index is 1440. The van der Waals surface area contributed by atoms with Gasteiger partial charge in [0.15, 0.2) is 0 Å². The van der Waals surface area contributed by atoms with Crippen molar-refractivity contribution in [2.24, 2.45) is 11.8 Å². The first-order chi connectivity index (χ1) is 19.0. The normalized spacial score (nSPS) is 12.2. The lowest BCUT2D eigenvalue weighted by Crippen LogP contribution is -2.37. The van der Waals surface area contributed by atoms with E-state index in [0.29, 0.717) is 18.8 Å². The van der Waals surface area contributed by atoms with Crippen LogP contribution in [0, 0.1) is 11.8 Å². The van der Waals surface area contributed by atoms with E-state index in [1.165, 1.54) is 28.7 Å². The number of likely N-dealkylation sites (N-methyl/N-ethyl adjacent to an activating group) is 1. The number of carboxylic acid groups (broad SMARTS) is 1. The van der Waals surface area contributed by atoms with E-state index in [0.717, 1.165) is 33.6 Å². The molecule has 0 spiro atoms. The van der Waals surface area contributed by atoms with Crippen LogP contribution in [-0.4, -0.2) is 75.0 Å². The molecule has 3 amide bonds. The third-order valence-electron chi connectivity index (χ3n) is 6.48. The van der Waals surface area contributed by atoms with Crippen LogP contribution < -0.4 is 10.9 Å². The maximum Gasteiger partial charge on any atom is 0.407 e. The van der Waals surface area contributed by atoms with Gasteiger partial charge in [0.25, 0.3) is 5.56 Å². The van der Waals surface area contributed by atoms with Crippen LogP contribution in [0.3, 0.4) is 0 Å². The molecule has 3 heterocycles. The second kappa shape index (κ2) is 13.6. The summed E-state index contributed by atoms with van der Waals surface area (Å²) in [7, 11) is 4.65. The van der Waals surface area contributed by atoms with Gasteiger partial charge in [-0.2, -0.15) is 0 Å². The summed E-state index contributed by atoms with van der Waals surface area (Å²) in [6, 6.07) is 7.12. The zero-order valence-electron chi connectivity index (χ0n) is 23.7. The van der Waals surface area contributed by atoms with Gasteiger partial charge in [-0.3, -0.25) is 19.4 Å². The monoisotopic (exact) mass is 550 g/mol. The molecule has 0 aliphatic rings. The number of rotatable bonds is 12. The van der Waals surface area contributed by atoms with Crippen LogP contribution in [0.4, 0.5) is 10.5 Å². The van der Waals surface area contributed by atoms with Crippen molar-refractivity contribution in [1.82, 2.24) is 24.3 Å². The predicted octanol–water partition coefficient (Wildman–Crippen LogP) is 3.56. The van der Waals surface area contributed by atoms with Crippen molar-refractivity contribution in [1.29, 1.82) is 0 Å². The highest BCUT2D eigenvalue weighted by molar-refractivity contribution is 5.92. The van der Waals surface area contributed by atoms with Crippen molar-refractivity contribution in [2.75, 3.05) is 33.0 Å². The lowest BCUT2D eigenvalue weighted by Gasteiger charge is -2.21. The van der Waals surface area contributed by atoms with Gasteiger partial charge in [0.05, 0.1) is 23.5 Å². The number of carbonyl (C=O) groups is 3. The van der Waals surface area contributed by atoms with E-state index in [-0.39, 0.29) is 30.2 Å². The Kier molecular flexibility index (Phi) is 10.2. The number of hydrogen-bond donors (Lipinski definition) is 3. The van der Waals surface area contributed by atoms with Gasteiger partial charge in [-0.05, 0) is 61.1 Å². The van der Waals surface area contributed by atoms with Crippen LogP contribution in [-0.2, 0) is 22.6 Å². The molecule has 0 bridgehead atoms. The standard InChI is InChI=1S/C29H38N6O5/c1-19(2)15-20-12-13-30-24-16-22(31-26(20)24)18-35-14-8-10-23(28(35)38)32-27(37)21(17-34(5)29(39)40)9-6-7-11-25(36)33(3)4/h7-8,10-14,16,19,21,31H,6,9,15,17-18H2,1-5H3,(H,32,37)(H,39,40)/b11-7+/t21-/m0/s1. The van der Waals surface area contributed by atoms with Gasteiger partial charge in [0.2, 0.25) is 11.8 Å². The van der Waals surface area contributed by atoms with Crippen LogP contribution >= 0.6 is 0 Å². The van der Waals surface area contributed by atoms with E-state index < -0.39 is 17.9 Å². The van der Waals surface area contributed by atoms with Crippen molar-refractivity contribution in [2.45, 2.75) is 39.7 Å². The number of carbonyl (C=O) groups excluding carboxylic acids is 2. The SMILES string of the molecule is CC(C)Cc1ccnc2cc(Cn3cccc(NC(=O)[C@@H](CC/C=C/C(=O)N(C)C)CN(C)C(=O)O)c3=O)[nH]c12. The maximum absolute atomic E-state index is 13.2. The molecule has 11 heteroatoms. The number of nitrogens with zero attached hydrogens (tertiary/aromatic N) is 4. The average molecular weight is 551 g/mol. The van der Waals surface area contributed by atoms with Gasteiger partial charge in [-0.15, -0.1) is 0 Å². The summed E-state index contributed by atoms with van der Waals surface area (Å²) >= 11 is 0. The Morgan fingerprint density at radius 1 is 1.20 bits per heavy atom. The minimum atomic E-state index is -1.16. The lowest BCUT2D eigenvalue weighted by molar-refractivity contribution is -0.123. The van der Waals surface area contributed by atoms with Crippen molar-refractivity contribution >= 4 is 34.6 Å². The van der Waals surface area contributed by atoms with E-state index in [4.69, 9.17) is 0 Å². The largest absolute Gasteiger partial charge is 0.465 e. The first-order valence-electron chi connectivity index (χ1n) is 13.2. The fraction of sp³-hybridized carbons (Fsp3) is 0.414. The highest BCUT2D eigenvalue weighted by atomic mass is 16.4. The van der Waals surface area contributed by atoms with Crippen LogP contribution in [0.5, 0.6) is 0 Å². The summed E-state index contributed by atoms with van der Waals surface area (Å²) in [6.45, 7) is 4.51. The van der Waals surface area contributed by atoms with Gasteiger partial charge in [-0.1, -0.05) is 19.9 Å². The maximum atomic E-state index is 13.2. The Balaban J connectivity index is 1.77. The molecule has 0 saturated carbocycles. The molecule has 214 valence electrons. The second-order valence-electron chi connectivity index (χ2n) is 10.5. The minimum absolute atomic E-state index is 0.0571. The van der Waals surface area contributed by atoms with Crippen LogP contribution in [0.1, 0.15) is 37.9 Å². The molecule has 3 rings (SSSR count). The Morgan fingerprint density at radius 3 is 2.62 bits per heavy atom. The molecule has 11 nitrogen and oxygen atoms in total. The molecule has 0 radical (unpaired) electrons. The van der Waals surface area contributed by atoms with E-state index in [2.05, 4.69) is 29.1 Å². The minimum Gasteiger partial charge on any atom is -0.465 e. The molecule has 0 unspecified atom stereocenters. The number of amides is 3. The molecule has 0 aliphatic carbocycles. The van der Waals surface area contributed by atoms with Crippen LogP contribution in [0.15, 0.2) is 53.6 Å². The van der Waals surface area contributed by atoms with Gasteiger partial charge in [0.1, 0.15) is 5.69 Å². The van der Waals surface area contributed by atoms with Crippen LogP contribution in [0.25, 0.3) is 11.0 Å². The lowest BCUT2D eigenvalue weighted by atomic mass is 10.0. The average Bonchev–Trinajstić information content (AvgIpc) is 3.31. The summed E-state index contributed by atoms with van der Waals surface area (Å²) in [5.74, 6) is -0.901. The zero-order valence-corrected chi connectivity index (χ0v) is 23.7. The van der Waals surface area contributed by atoms with E-state index in [1.807, 2.05) is 12.1 Å². The Labute approximate surface area is 233 Å². The van der Waals surface area contributed by atoms with Crippen LogP contribution in [0.2, 0.25) is 0 Å². The molecule has 40 heavy (non-hydrogen) atoms. The van der Waals surface area contributed by atoms with Gasteiger partial charge < -0.3 is 29.8 Å². The number of aromatic amines is 1. The van der Waals surface area contributed by atoms with Gasteiger partial charge >= 0.3 is 6.09 Å². The van der Waals surface area contributed by atoms with Gasteiger partial charge in [-0.25, -0.2) is 4.79 Å². The summed E-state index contributed by atoms with van der Waals surface area (Å²) in [5, 5.41) is 12.0. The molecule has 0 aromatic carbocycles. The van der Waals surface area contributed by atoms with Crippen molar-refractivity contribution in [3.8, 4) is 0 Å². The molecule has 0 aliphatic heterocycles. The third-order valence-corrected chi connectivity index (χ3v) is 6.48. The summed E-state index contributed by atoms with van der Waals surface area (Å²) in [6.07, 6.45) is 6.92. The highest BCUT2D eigenvalue weighted by Gasteiger charge is 2.23. The summed E-state index contributed by atoms with van der Waals surface area (Å²) in [5.41, 5.74) is 3.48. The van der Waals surface area contributed by atoms with E-state index in [1.54, 1.807) is 38.6 Å². The Morgan fingerprint density at radius 2 is 1.95 bits per heavy atom. The van der Waals surface area contributed by atoms with E-state index in [9.17, 15) is 24.3 Å². The number of anilines is 1. The first kappa shape index (κ1) is 30.1. The number of hydrogen-bond acceptors (Lipinski definition) is 5. The second-order valence-corrected chi connectivity index (χ2v) is 10.5. The predicted molar refractivity (Wildman–Crippen MR) is 154 cm³/mol. The number of nitrogens with one attached hydrogen (secondary N) is 2. The topological polar surface area (TPSA) is 141 Å². The Hall–Kier alpha value is -4.41. The van der Waals surface area contributed by atoms with E-state index >= 15 is 0 Å². The summed E-state index contributed by atoms with van der Waals surface area (Å²) < 4.78 is 1.50. The van der Waals surface area contributed by atoms with Crippen molar-refractivity contribution < 1.29 is 19.5 Å². The molecule has 3 aromatic heterocycles. The number of H-pyrrole nitrogens is 1. The smallest absolute Gasteiger partial charge is 0.407 e.